The van der Waals surface area contributed by atoms with Gasteiger partial charge in [-0.2, -0.15) is 0 Å². The Balaban J connectivity index is 2.36. The van der Waals surface area contributed by atoms with E-state index in [-0.39, 0.29) is 0 Å². The first-order valence-corrected chi connectivity index (χ1v) is 6.78. The minimum atomic E-state index is 0.294. The van der Waals surface area contributed by atoms with Crippen LogP contribution in [0.15, 0.2) is 6.07 Å². The Morgan fingerprint density at radius 3 is 2.82 bits per heavy atom. The van der Waals surface area contributed by atoms with Gasteiger partial charge in [0.1, 0.15) is 5.75 Å². The summed E-state index contributed by atoms with van der Waals surface area (Å²) in [5, 5.41) is 13.8. The fourth-order valence-corrected chi connectivity index (χ4v) is 2.87. The Labute approximate surface area is 108 Å². The third-order valence-electron chi connectivity index (χ3n) is 3.53. The molecule has 1 aromatic carbocycles. The van der Waals surface area contributed by atoms with Gasteiger partial charge in [-0.1, -0.05) is 24.1 Å². The molecule has 0 unspecified atom stereocenters. The van der Waals surface area contributed by atoms with Gasteiger partial charge in [-0.3, -0.25) is 0 Å². The maximum absolute atomic E-state index is 10.1. The molecule has 2 nitrogen and oxygen atoms in total. The van der Waals surface area contributed by atoms with Gasteiger partial charge >= 0.3 is 0 Å². The lowest BCUT2D eigenvalue weighted by atomic mass is 9.97. The van der Waals surface area contributed by atoms with Crippen molar-refractivity contribution in [1.29, 1.82) is 0 Å². The van der Waals surface area contributed by atoms with Crippen LogP contribution in [0.25, 0.3) is 0 Å². The molecule has 0 fully saturated rings. The maximum atomic E-state index is 10.1. The standard InChI is InChI=1S/C14H20ClNO/c1-16-8-7-11-9-10-5-3-2-4-6-12(10)13(15)14(11)17/h9,16-17H,2-8H2,1H3. The van der Waals surface area contributed by atoms with Gasteiger partial charge in [0.25, 0.3) is 0 Å². The van der Waals surface area contributed by atoms with E-state index in [2.05, 4.69) is 11.4 Å². The molecule has 0 amide bonds. The third kappa shape index (κ3) is 2.75. The van der Waals surface area contributed by atoms with Crippen molar-refractivity contribution in [1.82, 2.24) is 5.32 Å². The lowest BCUT2D eigenvalue weighted by Gasteiger charge is -2.14. The number of phenols is 1. The molecule has 0 saturated carbocycles. The van der Waals surface area contributed by atoms with Gasteiger partial charge in [0.05, 0.1) is 5.02 Å². The fourth-order valence-electron chi connectivity index (χ4n) is 2.53. The van der Waals surface area contributed by atoms with E-state index in [0.29, 0.717) is 10.8 Å². The highest BCUT2D eigenvalue weighted by Gasteiger charge is 2.17. The first-order chi connectivity index (χ1) is 8.24. The van der Waals surface area contributed by atoms with E-state index >= 15 is 0 Å². The van der Waals surface area contributed by atoms with Crippen LogP contribution < -0.4 is 5.32 Å². The van der Waals surface area contributed by atoms with Gasteiger partial charge in [0.2, 0.25) is 0 Å². The van der Waals surface area contributed by atoms with E-state index in [1.54, 1.807) is 0 Å². The largest absolute Gasteiger partial charge is 0.506 e. The summed E-state index contributed by atoms with van der Waals surface area (Å²) < 4.78 is 0. The summed E-state index contributed by atoms with van der Waals surface area (Å²) in [6, 6.07) is 2.15. The Kier molecular flexibility index (Phi) is 4.30. The molecule has 94 valence electrons. The van der Waals surface area contributed by atoms with Crippen molar-refractivity contribution in [2.75, 3.05) is 13.6 Å². The van der Waals surface area contributed by atoms with Crippen LogP contribution >= 0.6 is 11.6 Å². The normalized spacial score (nSPS) is 15.4. The summed E-state index contributed by atoms with van der Waals surface area (Å²) in [7, 11) is 1.92. The van der Waals surface area contributed by atoms with Crippen molar-refractivity contribution in [3.63, 3.8) is 0 Å². The van der Waals surface area contributed by atoms with Crippen LogP contribution in [-0.2, 0) is 19.3 Å². The van der Waals surface area contributed by atoms with Gasteiger partial charge in [-0.15, -0.1) is 0 Å². The highest BCUT2D eigenvalue weighted by molar-refractivity contribution is 6.33. The maximum Gasteiger partial charge on any atom is 0.137 e. The van der Waals surface area contributed by atoms with Crippen molar-refractivity contribution in [2.24, 2.45) is 0 Å². The predicted octanol–water partition coefficient (Wildman–Crippen LogP) is 3.08. The number of rotatable bonds is 3. The molecular weight excluding hydrogens is 234 g/mol. The fraction of sp³-hybridized carbons (Fsp3) is 0.571. The summed E-state index contributed by atoms with van der Waals surface area (Å²) in [5.74, 6) is 0.294. The van der Waals surface area contributed by atoms with E-state index in [0.717, 1.165) is 31.4 Å². The van der Waals surface area contributed by atoms with Crippen LogP contribution in [0.5, 0.6) is 5.75 Å². The molecule has 0 aliphatic heterocycles. The Bertz CT molecular complexity index is 404. The molecule has 0 heterocycles. The Hall–Kier alpha value is -0.730. The minimum Gasteiger partial charge on any atom is -0.506 e. The lowest BCUT2D eigenvalue weighted by Crippen LogP contribution is -2.11. The Morgan fingerprint density at radius 1 is 1.29 bits per heavy atom. The summed E-state index contributed by atoms with van der Waals surface area (Å²) in [6.07, 6.45) is 6.62. The van der Waals surface area contributed by atoms with Crippen molar-refractivity contribution in [3.8, 4) is 5.75 Å². The summed E-state index contributed by atoms with van der Waals surface area (Å²) in [6.45, 7) is 0.864. The molecule has 17 heavy (non-hydrogen) atoms. The molecular formula is C14H20ClNO. The molecule has 0 radical (unpaired) electrons. The monoisotopic (exact) mass is 253 g/mol. The minimum absolute atomic E-state index is 0.294. The van der Waals surface area contributed by atoms with Crippen LogP contribution in [0.2, 0.25) is 5.02 Å². The Morgan fingerprint density at radius 2 is 2.06 bits per heavy atom. The van der Waals surface area contributed by atoms with Gasteiger partial charge < -0.3 is 10.4 Å². The van der Waals surface area contributed by atoms with E-state index < -0.39 is 0 Å². The number of hydrogen-bond donors (Lipinski definition) is 2. The van der Waals surface area contributed by atoms with Gasteiger partial charge in [-0.25, -0.2) is 0 Å². The second-order valence-corrected chi connectivity index (χ2v) is 5.13. The van der Waals surface area contributed by atoms with Gasteiger partial charge in [-0.05, 0) is 62.4 Å². The molecule has 3 heteroatoms. The summed E-state index contributed by atoms with van der Waals surface area (Å²) in [5.41, 5.74) is 3.50. The zero-order valence-electron chi connectivity index (χ0n) is 10.4. The number of nitrogens with one attached hydrogen (secondary N) is 1. The van der Waals surface area contributed by atoms with Gasteiger partial charge in [0.15, 0.2) is 0 Å². The number of aryl methyl sites for hydroxylation is 1. The number of phenolic OH excluding ortho intramolecular Hbond substituents is 1. The zero-order valence-corrected chi connectivity index (χ0v) is 11.1. The molecule has 0 aromatic heterocycles. The van der Waals surface area contributed by atoms with Crippen molar-refractivity contribution in [2.45, 2.75) is 38.5 Å². The smallest absolute Gasteiger partial charge is 0.137 e. The van der Waals surface area contributed by atoms with E-state index in [1.807, 2.05) is 7.05 Å². The van der Waals surface area contributed by atoms with Crippen molar-refractivity contribution in [3.05, 3.63) is 27.8 Å². The average Bonchev–Trinajstić information content (AvgIpc) is 2.57. The number of halogens is 1. The molecule has 0 bridgehead atoms. The molecule has 1 aliphatic carbocycles. The number of fused-ring (bicyclic) bond motifs is 1. The second kappa shape index (κ2) is 5.74. The zero-order chi connectivity index (χ0) is 12.3. The number of hydrogen-bond acceptors (Lipinski definition) is 2. The van der Waals surface area contributed by atoms with E-state index in [1.165, 1.54) is 30.4 Å². The molecule has 0 atom stereocenters. The van der Waals surface area contributed by atoms with Crippen LogP contribution in [0.3, 0.4) is 0 Å². The number of aromatic hydroxyl groups is 1. The summed E-state index contributed by atoms with van der Waals surface area (Å²) >= 11 is 6.30. The SMILES string of the molecule is CNCCc1cc2c(c(Cl)c1O)CCCCC2. The highest BCUT2D eigenvalue weighted by atomic mass is 35.5. The second-order valence-electron chi connectivity index (χ2n) is 4.75. The molecule has 1 aromatic rings. The molecule has 2 rings (SSSR count). The molecule has 0 spiro atoms. The van der Waals surface area contributed by atoms with Crippen LogP contribution in [-0.4, -0.2) is 18.7 Å². The predicted molar refractivity (Wildman–Crippen MR) is 72.0 cm³/mol. The highest BCUT2D eigenvalue weighted by Crippen LogP contribution is 2.36. The first-order valence-electron chi connectivity index (χ1n) is 6.40. The van der Waals surface area contributed by atoms with Crippen molar-refractivity contribution >= 4 is 11.6 Å². The topological polar surface area (TPSA) is 32.3 Å². The van der Waals surface area contributed by atoms with Crippen LogP contribution in [0, 0.1) is 0 Å². The quantitative estimate of drug-likeness (QED) is 0.812. The number of likely N-dealkylation sites (N-methyl/N-ethyl adjacent to an activating group) is 1. The molecule has 1 aliphatic rings. The molecule has 0 saturated heterocycles. The van der Waals surface area contributed by atoms with Crippen LogP contribution in [0.1, 0.15) is 36.0 Å². The lowest BCUT2D eigenvalue weighted by molar-refractivity contribution is 0.466. The third-order valence-corrected chi connectivity index (χ3v) is 3.94. The first kappa shape index (κ1) is 12.7. The van der Waals surface area contributed by atoms with Crippen molar-refractivity contribution < 1.29 is 5.11 Å². The van der Waals surface area contributed by atoms with Crippen LogP contribution in [0.4, 0.5) is 0 Å². The van der Waals surface area contributed by atoms with Gasteiger partial charge in [0, 0.05) is 0 Å². The molecule has 2 N–H and O–H groups in total. The number of benzene rings is 1. The average molecular weight is 254 g/mol. The van der Waals surface area contributed by atoms with E-state index in [4.69, 9.17) is 11.6 Å². The van der Waals surface area contributed by atoms with E-state index in [9.17, 15) is 5.11 Å². The summed E-state index contributed by atoms with van der Waals surface area (Å²) in [4.78, 5) is 0.